The fourth-order valence-electron chi connectivity index (χ4n) is 4.16. The highest BCUT2D eigenvalue weighted by Crippen LogP contribution is 2.35. The first-order valence-corrected chi connectivity index (χ1v) is 13.8. The molecule has 3 rings (SSSR count). The Labute approximate surface area is 218 Å². The zero-order valence-corrected chi connectivity index (χ0v) is 23.3. The molecule has 208 valence electrons. The standard InChI is InChI=1S/C23H38N6O7S/c1-14(2)35-20(21-24-10-18(34-7)11-25-21)16(4)37(30,31)28-23-27-26-22(19-9-8-15(3)36-19)29(23)17(12-32-5)13-33-6/h10-11,14-17,19-20H,8-9,12-13H2,1-7H3,(H,27,28)/t15-,16-,19-,20+/m0/s1. The van der Waals surface area contributed by atoms with E-state index in [0.717, 1.165) is 12.8 Å². The number of methoxy groups -OCH3 is 3. The summed E-state index contributed by atoms with van der Waals surface area (Å²) in [6.07, 6.45) is 3.06. The Kier molecular flexibility index (Phi) is 10.2. The van der Waals surface area contributed by atoms with Crippen LogP contribution in [0.5, 0.6) is 5.75 Å². The van der Waals surface area contributed by atoms with Gasteiger partial charge in [0.25, 0.3) is 0 Å². The Morgan fingerprint density at radius 1 is 1.08 bits per heavy atom. The van der Waals surface area contributed by atoms with E-state index in [1.54, 1.807) is 18.8 Å². The van der Waals surface area contributed by atoms with E-state index in [0.29, 0.717) is 11.6 Å². The predicted molar refractivity (Wildman–Crippen MR) is 135 cm³/mol. The quantitative estimate of drug-likeness (QED) is 0.375. The number of anilines is 1. The molecule has 14 heteroatoms. The Morgan fingerprint density at radius 2 is 1.73 bits per heavy atom. The summed E-state index contributed by atoms with van der Waals surface area (Å²) in [7, 11) is 0.569. The van der Waals surface area contributed by atoms with E-state index >= 15 is 0 Å². The van der Waals surface area contributed by atoms with Gasteiger partial charge in [-0.05, 0) is 40.5 Å². The lowest BCUT2D eigenvalue weighted by atomic mass is 10.2. The fourth-order valence-corrected chi connectivity index (χ4v) is 5.25. The van der Waals surface area contributed by atoms with Crippen molar-refractivity contribution in [3.63, 3.8) is 0 Å². The second-order valence-electron chi connectivity index (χ2n) is 9.27. The van der Waals surface area contributed by atoms with Gasteiger partial charge in [-0.25, -0.2) is 18.4 Å². The largest absolute Gasteiger partial charge is 0.494 e. The molecule has 0 bridgehead atoms. The Balaban J connectivity index is 1.96. The molecule has 1 fully saturated rings. The van der Waals surface area contributed by atoms with Gasteiger partial charge in [-0.2, -0.15) is 0 Å². The summed E-state index contributed by atoms with van der Waals surface area (Å²) in [6.45, 7) is 7.66. The van der Waals surface area contributed by atoms with Crippen LogP contribution in [0, 0.1) is 0 Å². The first kappa shape index (κ1) is 29.2. The van der Waals surface area contributed by atoms with Gasteiger partial charge in [-0.15, -0.1) is 10.2 Å². The maximum absolute atomic E-state index is 13.6. The molecule has 1 aliphatic rings. The van der Waals surface area contributed by atoms with Gasteiger partial charge in [0.1, 0.15) is 17.5 Å². The van der Waals surface area contributed by atoms with Crippen LogP contribution in [0.3, 0.4) is 0 Å². The highest BCUT2D eigenvalue weighted by atomic mass is 32.2. The van der Waals surface area contributed by atoms with Crippen molar-refractivity contribution in [2.75, 3.05) is 39.3 Å². The van der Waals surface area contributed by atoms with E-state index in [-0.39, 0.29) is 49.3 Å². The normalized spacial score (nSPS) is 19.9. The van der Waals surface area contributed by atoms with E-state index in [1.807, 2.05) is 20.8 Å². The smallest absolute Gasteiger partial charge is 0.240 e. The van der Waals surface area contributed by atoms with Crippen LogP contribution in [0.1, 0.15) is 70.4 Å². The highest BCUT2D eigenvalue weighted by Gasteiger charge is 2.37. The van der Waals surface area contributed by atoms with E-state index in [2.05, 4.69) is 24.9 Å². The molecule has 1 N–H and O–H groups in total. The molecule has 37 heavy (non-hydrogen) atoms. The average molecular weight is 543 g/mol. The molecule has 0 radical (unpaired) electrons. The maximum Gasteiger partial charge on any atom is 0.240 e. The van der Waals surface area contributed by atoms with E-state index in [9.17, 15) is 8.42 Å². The third-order valence-corrected chi connectivity index (χ3v) is 7.72. The lowest BCUT2D eigenvalue weighted by Crippen LogP contribution is -2.35. The molecule has 1 aliphatic heterocycles. The number of aromatic nitrogens is 5. The number of ether oxygens (including phenoxy) is 5. The Morgan fingerprint density at radius 3 is 2.24 bits per heavy atom. The first-order chi connectivity index (χ1) is 17.6. The molecule has 3 heterocycles. The van der Waals surface area contributed by atoms with Gasteiger partial charge in [0, 0.05) is 14.2 Å². The van der Waals surface area contributed by atoms with Gasteiger partial charge in [0.2, 0.25) is 16.0 Å². The van der Waals surface area contributed by atoms with Crippen molar-refractivity contribution in [1.82, 2.24) is 24.7 Å². The van der Waals surface area contributed by atoms with E-state index in [1.165, 1.54) is 26.4 Å². The van der Waals surface area contributed by atoms with Crippen molar-refractivity contribution >= 4 is 16.0 Å². The minimum Gasteiger partial charge on any atom is -0.494 e. The molecule has 0 spiro atoms. The average Bonchev–Trinajstić information content (AvgIpc) is 3.47. The first-order valence-electron chi connectivity index (χ1n) is 12.2. The fraction of sp³-hybridized carbons (Fsp3) is 0.739. The Bertz CT molecular complexity index is 1090. The summed E-state index contributed by atoms with van der Waals surface area (Å²) in [5, 5.41) is 7.43. The van der Waals surface area contributed by atoms with Crippen molar-refractivity contribution in [3.05, 3.63) is 24.0 Å². The number of sulfonamides is 1. The van der Waals surface area contributed by atoms with Gasteiger partial charge < -0.3 is 23.7 Å². The summed E-state index contributed by atoms with van der Waals surface area (Å²) in [6, 6.07) is -0.389. The summed E-state index contributed by atoms with van der Waals surface area (Å²) >= 11 is 0. The second kappa shape index (κ2) is 12.9. The summed E-state index contributed by atoms with van der Waals surface area (Å²) in [5.74, 6) is 1.23. The third-order valence-electron chi connectivity index (χ3n) is 6.03. The molecular weight excluding hydrogens is 504 g/mol. The van der Waals surface area contributed by atoms with Gasteiger partial charge in [-0.1, -0.05) is 0 Å². The molecule has 13 nitrogen and oxygen atoms in total. The highest BCUT2D eigenvalue weighted by molar-refractivity contribution is 7.93. The van der Waals surface area contributed by atoms with Crippen molar-refractivity contribution in [1.29, 1.82) is 0 Å². The molecule has 0 aliphatic carbocycles. The predicted octanol–water partition coefficient (Wildman–Crippen LogP) is 2.45. The number of hydrogen-bond acceptors (Lipinski definition) is 11. The monoisotopic (exact) mass is 542 g/mol. The van der Waals surface area contributed by atoms with Crippen LogP contribution in [0.15, 0.2) is 12.4 Å². The molecule has 0 amide bonds. The molecule has 2 aromatic rings. The van der Waals surface area contributed by atoms with Crippen molar-refractivity contribution in [2.45, 2.75) is 76.2 Å². The van der Waals surface area contributed by atoms with Crippen LogP contribution < -0.4 is 9.46 Å². The van der Waals surface area contributed by atoms with Crippen LogP contribution in [0.25, 0.3) is 0 Å². The van der Waals surface area contributed by atoms with Crippen molar-refractivity contribution < 1.29 is 32.1 Å². The van der Waals surface area contributed by atoms with Gasteiger partial charge in [0.05, 0.1) is 51.0 Å². The third kappa shape index (κ3) is 7.13. The summed E-state index contributed by atoms with van der Waals surface area (Å²) < 4.78 is 59.5. The maximum atomic E-state index is 13.6. The van der Waals surface area contributed by atoms with Gasteiger partial charge in [0.15, 0.2) is 17.4 Å². The number of nitrogens with one attached hydrogen (secondary N) is 1. The number of rotatable bonds is 14. The van der Waals surface area contributed by atoms with Crippen molar-refractivity contribution in [2.24, 2.45) is 0 Å². The zero-order valence-electron chi connectivity index (χ0n) is 22.4. The molecule has 4 atom stereocenters. The minimum atomic E-state index is -4.06. The van der Waals surface area contributed by atoms with Crippen LogP contribution >= 0.6 is 0 Å². The lowest BCUT2D eigenvalue weighted by molar-refractivity contribution is 0.00147. The Hall–Kier alpha value is -2.39. The van der Waals surface area contributed by atoms with E-state index in [4.69, 9.17) is 23.7 Å². The van der Waals surface area contributed by atoms with Gasteiger partial charge in [-0.3, -0.25) is 9.29 Å². The summed E-state index contributed by atoms with van der Waals surface area (Å²) in [5.41, 5.74) is 0. The number of nitrogens with zero attached hydrogens (tertiary/aromatic N) is 5. The molecule has 0 aromatic carbocycles. The minimum absolute atomic E-state index is 0.0445. The topological polar surface area (TPSA) is 149 Å². The van der Waals surface area contributed by atoms with Crippen LogP contribution in [0.4, 0.5) is 5.95 Å². The molecule has 1 saturated heterocycles. The van der Waals surface area contributed by atoms with Crippen molar-refractivity contribution in [3.8, 4) is 5.75 Å². The SMILES string of the molecule is COCC(COC)n1c(NS(=O)(=O)[C@@H](C)[C@@H](OC(C)C)c2ncc(OC)cn2)nnc1[C@@H]1CC[C@H](C)O1. The van der Waals surface area contributed by atoms with Crippen LogP contribution in [-0.2, 0) is 29.0 Å². The molecule has 0 unspecified atom stereocenters. The van der Waals surface area contributed by atoms with Crippen LogP contribution in [0.2, 0.25) is 0 Å². The molecule has 2 aromatic heterocycles. The zero-order chi connectivity index (χ0) is 27.2. The van der Waals surface area contributed by atoms with Crippen LogP contribution in [-0.4, -0.2) is 85.2 Å². The second-order valence-corrected chi connectivity index (χ2v) is 11.3. The molecule has 0 saturated carbocycles. The number of hydrogen-bond donors (Lipinski definition) is 1. The van der Waals surface area contributed by atoms with E-state index < -0.39 is 21.4 Å². The summed E-state index contributed by atoms with van der Waals surface area (Å²) in [4.78, 5) is 8.53. The van der Waals surface area contributed by atoms with Gasteiger partial charge >= 0.3 is 0 Å². The lowest BCUT2D eigenvalue weighted by Gasteiger charge is -2.26. The molecular formula is C23H38N6O7S.